The molecule has 0 spiro atoms. The van der Waals surface area contributed by atoms with Gasteiger partial charge < -0.3 is 15.9 Å². The third-order valence-electron chi connectivity index (χ3n) is 1.19. The van der Waals surface area contributed by atoms with E-state index < -0.39 is 12.1 Å². The number of hydrogen-bond acceptors (Lipinski definition) is 6. The Morgan fingerprint density at radius 2 is 2.33 bits per heavy atom. The molecule has 0 aromatic carbocycles. The molecule has 5 N–H and O–H groups in total. The fourth-order valence-corrected chi connectivity index (χ4v) is 1.27. The van der Waals surface area contributed by atoms with Crippen molar-refractivity contribution in [2.75, 3.05) is 5.75 Å². The first-order valence-corrected chi connectivity index (χ1v) is 4.72. The van der Waals surface area contributed by atoms with Gasteiger partial charge in [-0.05, 0) is 0 Å². The van der Waals surface area contributed by atoms with Crippen molar-refractivity contribution in [2.24, 2.45) is 5.73 Å². The average molecular weight is 232 g/mol. The van der Waals surface area contributed by atoms with Crippen LogP contribution in [0.2, 0.25) is 0 Å². The molecule has 0 aromatic rings. The lowest BCUT2D eigenvalue weighted by molar-refractivity contribution is -0.117. The Balaban J connectivity index is 2.28. The number of hydroxylamine groups is 1. The highest BCUT2D eigenvalue weighted by Crippen LogP contribution is 2.14. The molecule has 1 rings (SSSR count). The molecule has 0 aliphatic carbocycles. The van der Waals surface area contributed by atoms with Crippen molar-refractivity contribution >= 4 is 29.8 Å². The highest BCUT2D eigenvalue weighted by atomic mass is 32.2. The summed E-state index contributed by atoms with van der Waals surface area (Å²) in [7, 11) is 0. The van der Waals surface area contributed by atoms with Gasteiger partial charge in [0.25, 0.3) is 0 Å². The van der Waals surface area contributed by atoms with Gasteiger partial charge >= 0.3 is 12.1 Å². The van der Waals surface area contributed by atoms with Gasteiger partial charge in [0.05, 0.1) is 5.75 Å². The SMILES string of the molecule is NC(=O)NC(=O)ONC1=CNC(=O)CS1. The second-order valence-corrected chi connectivity index (χ2v) is 3.36. The molecule has 0 unspecified atom stereocenters. The molecule has 4 amide bonds. The molecule has 0 saturated carbocycles. The summed E-state index contributed by atoms with van der Waals surface area (Å²) in [4.78, 5) is 36.0. The first kappa shape index (κ1) is 11.2. The maximum absolute atomic E-state index is 10.7. The van der Waals surface area contributed by atoms with Crippen molar-refractivity contribution < 1.29 is 19.2 Å². The maximum Gasteiger partial charge on any atom is 0.439 e. The second kappa shape index (κ2) is 5.10. The lowest BCUT2D eigenvalue weighted by Gasteiger charge is -2.13. The molecule has 15 heavy (non-hydrogen) atoms. The van der Waals surface area contributed by atoms with Gasteiger partial charge in [-0.1, -0.05) is 11.8 Å². The lowest BCUT2D eigenvalue weighted by atomic mass is 10.7. The van der Waals surface area contributed by atoms with Gasteiger partial charge in [-0.2, -0.15) is 0 Å². The van der Waals surface area contributed by atoms with E-state index in [4.69, 9.17) is 0 Å². The van der Waals surface area contributed by atoms with Gasteiger partial charge in [-0.3, -0.25) is 4.79 Å². The number of nitrogens with one attached hydrogen (secondary N) is 3. The number of nitrogens with two attached hydrogens (primary N) is 1. The molecule has 0 bridgehead atoms. The quantitative estimate of drug-likeness (QED) is 0.451. The predicted octanol–water partition coefficient (Wildman–Crippen LogP) is -1.04. The highest BCUT2D eigenvalue weighted by Gasteiger charge is 2.12. The summed E-state index contributed by atoms with van der Waals surface area (Å²) < 4.78 is 0. The van der Waals surface area contributed by atoms with E-state index in [-0.39, 0.29) is 11.7 Å². The van der Waals surface area contributed by atoms with Crippen molar-refractivity contribution in [1.29, 1.82) is 0 Å². The van der Waals surface area contributed by atoms with Crippen LogP contribution >= 0.6 is 11.8 Å². The standard InChI is InChI=1S/C6H8N4O4S/c7-5(12)9-6(13)14-10-4-1-8-3(11)2-15-4/h1,10H,2H2,(H,8,11)(H3,7,9,12,13). The summed E-state index contributed by atoms with van der Waals surface area (Å²) in [6.07, 6.45) is 0.314. The van der Waals surface area contributed by atoms with Gasteiger partial charge in [-0.25, -0.2) is 20.4 Å². The van der Waals surface area contributed by atoms with Gasteiger partial charge in [0.2, 0.25) is 5.91 Å². The predicted molar refractivity (Wildman–Crippen MR) is 51.0 cm³/mol. The minimum Gasteiger partial charge on any atom is -0.351 e. The first-order valence-electron chi connectivity index (χ1n) is 3.73. The lowest BCUT2D eigenvalue weighted by Crippen LogP contribution is -2.38. The van der Waals surface area contributed by atoms with Crippen LogP contribution in [0.15, 0.2) is 11.2 Å². The Kier molecular flexibility index (Phi) is 3.80. The summed E-state index contributed by atoms with van der Waals surface area (Å²) in [5.41, 5.74) is 6.90. The monoisotopic (exact) mass is 232 g/mol. The number of hydrogen-bond donors (Lipinski definition) is 4. The average Bonchev–Trinajstić information content (AvgIpc) is 2.16. The third kappa shape index (κ3) is 4.22. The maximum atomic E-state index is 10.7. The van der Waals surface area contributed by atoms with E-state index in [0.29, 0.717) is 5.03 Å². The summed E-state index contributed by atoms with van der Waals surface area (Å²) in [5, 5.41) is 4.53. The zero-order valence-electron chi connectivity index (χ0n) is 7.40. The number of rotatable bonds is 2. The molecule has 1 aliphatic heterocycles. The van der Waals surface area contributed by atoms with Gasteiger partial charge in [-0.15, -0.1) is 0 Å². The molecule has 0 aromatic heterocycles. The van der Waals surface area contributed by atoms with E-state index >= 15 is 0 Å². The van der Waals surface area contributed by atoms with Crippen molar-refractivity contribution in [2.45, 2.75) is 0 Å². The van der Waals surface area contributed by atoms with Gasteiger partial charge in [0.15, 0.2) is 0 Å². The summed E-state index contributed by atoms with van der Waals surface area (Å²) in [6, 6.07) is -1.01. The van der Waals surface area contributed by atoms with E-state index in [9.17, 15) is 14.4 Å². The molecule has 8 nitrogen and oxygen atoms in total. The molecule has 0 fully saturated rings. The Morgan fingerprint density at radius 1 is 1.60 bits per heavy atom. The van der Waals surface area contributed by atoms with Crippen LogP contribution in [0.3, 0.4) is 0 Å². The molecule has 9 heteroatoms. The molecule has 0 atom stereocenters. The zero-order chi connectivity index (χ0) is 11.3. The Morgan fingerprint density at radius 3 is 2.87 bits per heavy atom. The largest absolute Gasteiger partial charge is 0.439 e. The Labute approximate surface area is 88.5 Å². The van der Waals surface area contributed by atoms with E-state index in [1.54, 1.807) is 5.32 Å². The topological polar surface area (TPSA) is 123 Å². The van der Waals surface area contributed by atoms with Gasteiger partial charge in [0.1, 0.15) is 5.03 Å². The van der Waals surface area contributed by atoms with Crippen LogP contribution in [0, 0.1) is 0 Å². The number of urea groups is 1. The van der Waals surface area contributed by atoms with Crippen molar-refractivity contribution in [1.82, 2.24) is 16.1 Å². The van der Waals surface area contributed by atoms with Crippen LogP contribution in [-0.4, -0.2) is 23.8 Å². The number of primary amides is 1. The van der Waals surface area contributed by atoms with E-state index in [0.717, 1.165) is 11.8 Å². The number of carbonyl (C=O) groups is 3. The smallest absolute Gasteiger partial charge is 0.351 e. The van der Waals surface area contributed by atoms with E-state index in [2.05, 4.69) is 21.4 Å². The van der Waals surface area contributed by atoms with E-state index in [1.165, 1.54) is 6.20 Å². The van der Waals surface area contributed by atoms with Crippen LogP contribution in [0.1, 0.15) is 0 Å². The Hall–Kier alpha value is -1.90. The molecule has 0 saturated heterocycles. The highest BCUT2D eigenvalue weighted by molar-refractivity contribution is 8.03. The number of thioether (sulfide) groups is 1. The third-order valence-corrected chi connectivity index (χ3v) is 2.11. The minimum absolute atomic E-state index is 0.146. The fourth-order valence-electron chi connectivity index (χ4n) is 0.654. The van der Waals surface area contributed by atoms with E-state index in [1.807, 2.05) is 0 Å². The van der Waals surface area contributed by atoms with Crippen molar-refractivity contribution in [3.05, 3.63) is 11.2 Å². The fraction of sp³-hybridized carbons (Fsp3) is 0.167. The minimum atomic E-state index is -1.03. The first-order chi connectivity index (χ1) is 7.08. The zero-order valence-corrected chi connectivity index (χ0v) is 8.22. The normalized spacial score (nSPS) is 14.7. The number of imide groups is 1. The molecular formula is C6H8N4O4S. The van der Waals surface area contributed by atoms with Crippen molar-refractivity contribution in [3.8, 4) is 0 Å². The Bertz CT molecular complexity index is 329. The van der Waals surface area contributed by atoms with Crippen LogP contribution < -0.4 is 21.8 Å². The second-order valence-electron chi connectivity index (χ2n) is 2.35. The molecule has 82 valence electrons. The van der Waals surface area contributed by atoms with Crippen LogP contribution in [0.25, 0.3) is 0 Å². The van der Waals surface area contributed by atoms with Crippen LogP contribution in [0.5, 0.6) is 0 Å². The van der Waals surface area contributed by atoms with Gasteiger partial charge in [0, 0.05) is 6.20 Å². The summed E-state index contributed by atoms with van der Waals surface area (Å²) in [6.45, 7) is 0. The summed E-state index contributed by atoms with van der Waals surface area (Å²) in [5.74, 6) is 0.0757. The molecule has 0 radical (unpaired) electrons. The van der Waals surface area contributed by atoms with Crippen LogP contribution in [-0.2, 0) is 9.63 Å². The summed E-state index contributed by atoms with van der Waals surface area (Å²) >= 11 is 1.15. The van der Waals surface area contributed by atoms with Crippen LogP contribution in [0.4, 0.5) is 9.59 Å². The molecule has 1 heterocycles. The number of amides is 4. The van der Waals surface area contributed by atoms with Crippen molar-refractivity contribution in [3.63, 3.8) is 0 Å². The molecular weight excluding hydrogens is 224 g/mol. The number of carbonyl (C=O) groups excluding carboxylic acids is 3. The molecule has 1 aliphatic rings.